The van der Waals surface area contributed by atoms with Gasteiger partial charge in [0.2, 0.25) is 5.91 Å². The van der Waals surface area contributed by atoms with E-state index in [0.717, 1.165) is 39.0 Å². The molecule has 1 unspecified atom stereocenters. The van der Waals surface area contributed by atoms with Gasteiger partial charge in [0.05, 0.1) is 6.54 Å². The number of piperidine rings is 1. The summed E-state index contributed by atoms with van der Waals surface area (Å²) in [5, 5.41) is 12.3. The third-order valence-electron chi connectivity index (χ3n) is 3.61. The monoisotopic (exact) mass is 227 g/mol. The van der Waals surface area contributed by atoms with E-state index in [0.29, 0.717) is 12.6 Å². The van der Waals surface area contributed by atoms with Crippen LogP contribution in [0.2, 0.25) is 0 Å². The fourth-order valence-corrected chi connectivity index (χ4v) is 2.59. The van der Waals surface area contributed by atoms with Crippen molar-refractivity contribution in [2.24, 2.45) is 0 Å². The van der Waals surface area contributed by atoms with Crippen LogP contribution in [0, 0.1) is 0 Å². The summed E-state index contributed by atoms with van der Waals surface area (Å²) >= 11 is 0. The number of nitrogens with one attached hydrogen (secondary N) is 1. The molecule has 2 rings (SSSR count). The van der Waals surface area contributed by atoms with Crippen LogP contribution in [0.1, 0.15) is 19.8 Å². The van der Waals surface area contributed by atoms with Crippen molar-refractivity contribution >= 4 is 5.91 Å². The van der Waals surface area contributed by atoms with Gasteiger partial charge in [-0.25, -0.2) is 0 Å². The fraction of sp³-hybridized carbons (Fsp3) is 0.909. The summed E-state index contributed by atoms with van der Waals surface area (Å²) in [6.45, 7) is 5.95. The van der Waals surface area contributed by atoms with E-state index in [2.05, 4.69) is 15.1 Å². The minimum atomic E-state index is -0.342. The van der Waals surface area contributed by atoms with E-state index in [1.54, 1.807) is 0 Å². The van der Waals surface area contributed by atoms with Gasteiger partial charge in [-0.05, 0) is 19.8 Å². The summed E-state index contributed by atoms with van der Waals surface area (Å²) in [6.07, 6.45) is 1.77. The van der Waals surface area contributed by atoms with Crippen molar-refractivity contribution in [2.75, 3.05) is 32.7 Å². The third-order valence-corrected chi connectivity index (χ3v) is 3.61. The van der Waals surface area contributed by atoms with Crippen molar-refractivity contribution in [1.29, 1.82) is 0 Å². The molecule has 92 valence electrons. The van der Waals surface area contributed by atoms with Gasteiger partial charge in [0.25, 0.3) is 0 Å². The molecule has 0 aliphatic carbocycles. The molecule has 1 atom stereocenters. The first kappa shape index (κ1) is 11.8. The third kappa shape index (κ3) is 2.72. The molecule has 1 amide bonds. The molecule has 0 aromatic carbocycles. The van der Waals surface area contributed by atoms with Gasteiger partial charge >= 0.3 is 0 Å². The molecule has 2 aliphatic rings. The Morgan fingerprint density at radius 3 is 2.62 bits per heavy atom. The number of aliphatic hydroxyl groups is 1. The Hall–Kier alpha value is -0.650. The van der Waals surface area contributed by atoms with Crippen molar-refractivity contribution in [3.8, 4) is 0 Å². The second-order valence-electron chi connectivity index (χ2n) is 4.72. The largest absolute Gasteiger partial charge is 0.379 e. The van der Waals surface area contributed by atoms with Gasteiger partial charge in [-0.2, -0.15) is 0 Å². The van der Waals surface area contributed by atoms with E-state index in [1.165, 1.54) is 0 Å². The first-order valence-electron chi connectivity index (χ1n) is 6.09. The number of likely N-dealkylation sites (tertiary alicyclic amines) is 1. The molecule has 5 nitrogen and oxygen atoms in total. The van der Waals surface area contributed by atoms with Gasteiger partial charge in [0, 0.05) is 32.2 Å². The van der Waals surface area contributed by atoms with E-state index in [4.69, 9.17) is 0 Å². The number of aliphatic hydroxyl groups excluding tert-OH is 1. The van der Waals surface area contributed by atoms with Crippen molar-refractivity contribution in [2.45, 2.75) is 32.0 Å². The van der Waals surface area contributed by atoms with Crippen LogP contribution < -0.4 is 5.32 Å². The van der Waals surface area contributed by atoms with Crippen LogP contribution in [0.4, 0.5) is 0 Å². The van der Waals surface area contributed by atoms with Crippen molar-refractivity contribution in [3.05, 3.63) is 0 Å². The average molecular weight is 227 g/mol. The van der Waals surface area contributed by atoms with E-state index in [-0.39, 0.29) is 12.1 Å². The molecule has 2 saturated heterocycles. The van der Waals surface area contributed by atoms with Crippen molar-refractivity contribution < 1.29 is 9.90 Å². The Morgan fingerprint density at radius 1 is 1.38 bits per heavy atom. The number of carbonyl (C=O) groups is 1. The number of nitrogens with zero attached hydrogens (tertiary/aromatic N) is 2. The topological polar surface area (TPSA) is 55.8 Å². The zero-order valence-electron chi connectivity index (χ0n) is 9.85. The number of hydrogen-bond donors (Lipinski definition) is 2. The number of rotatable bonds is 2. The van der Waals surface area contributed by atoms with E-state index >= 15 is 0 Å². The van der Waals surface area contributed by atoms with Crippen LogP contribution in [0.15, 0.2) is 0 Å². The Balaban J connectivity index is 1.82. The molecular formula is C11H21N3O2. The van der Waals surface area contributed by atoms with Gasteiger partial charge in [0.1, 0.15) is 6.23 Å². The minimum absolute atomic E-state index is 0.143. The Bertz CT molecular complexity index is 250. The van der Waals surface area contributed by atoms with Crippen LogP contribution in [0.5, 0.6) is 0 Å². The predicted octanol–water partition coefficient (Wildman–Crippen LogP) is -0.779. The number of amides is 1. The van der Waals surface area contributed by atoms with Gasteiger partial charge < -0.3 is 10.4 Å². The molecule has 0 radical (unpaired) electrons. The van der Waals surface area contributed by atoms with E-state index < -0.39 is 0 Å². The maximum absolute atomic E-state index is 11.3. The summed E-state index contributed by atoms with van der Waals surface area (Å²) in [5.74, 6) is 0.143. The lowest BCUT2D eigenvalue weighted by Gasteiger charge is -2.40. The van der Waals surface area contributed by atoms with Gasteiger partial charge in [-0.1, -0.05) is 0 Å². The summed E-state index contributed by atoms with van der Waals surface area (Å²) in [4.78, 5) is 15.6. The zero-order valence-corrected chi connectivity index (χ0v) is 9.85. The Morgan fingerprint density at radius 2 is 2.06 bits per heavy atom. The molecule has 0 aromatic heterocycles. The van der Waals surface area contributed by atoms with Crippen molar-refractivity contribution in [1.82, 2.24) is 15.1 Å². The van der Waals surface area contributed by atoms with Crippen molar-refractivity contribution in [3.63, 3.8) is 0 Å². The Kier molecular flexibility index (Phi) is 3.78. The summed E-state index contributed by atoms with van der Waals surface area (Å²) in [6, 6.07) is 0.515. The lowest BCUT2D eigenvalue weighted by atomic mass is 10.0. The summed E-state index contributed by atoms with van der Waals surface area (Å²) in [5.41, 5.74) is 0. The van der Waals surface area contributed by atoms with Crippen LogP contribution in [0.3, 0.4) is 0 Å². The smallest absolute Gasteiger partial charge is 0.234 e. The molecule has 5 heteroatoms. The second kappa shape index (κ2) is 5.12. The van der Waals surface area contributed by atoms with Gasteiger partial charge in [-0.3, -0.25) is 14.6 Å². The van der Waals surface area contributed by atoms with E-state index in [9.17, 15) is 9.90 Å². The summed E-state index contributed by atoms with van der Waals surface area (Å²) < 4.78 is 0. The molecule has 0 bridgehead atoms. The molecular weight excluding hydrogens is 206 g/mol. The highest BCUT2D eigenvalue weighted by Gasteiger charge is 2.28. The Labute approximate surface area is 96.4 Å². The molecule has 2 fully saturated rings. The maximum Gasteiger partial charge on any atom is 0.234 e. The van der Waals surface area contributed by atoms with Gasteiger partial charge in [-0.15, -0.1) is 0 Å². The highest BCUT2D eigenvalue weighted by molar-refractivity contribution is 5.78. The number of hydrogen-bond acceptors (Lipinski definition) is 4. The lowest BCUT2D eigenvalue weighted by Crippen LogP contribution is -2.54. The number of carbonyl (C=O) groups excluding carboxylic acids is 1. The number of piperazine rings is 1. The highest BCUT2D eigenvalue weighted by atomic mass is 16.3. The molecule has 0 saturated carbocycles. The summed E-state index contributed by atoms with van der Waals surface area (Å²) in [7, 11) is 0. The second-order valence-corrected chi connectivity index (χ2v) is 4.72. The normalized spacial score (nSPS) is 27.8. The van der Waals surface area contributed by atoms with Crippen LogP contribution in [-0.4, -0.2) is 65.8 Å². The van der Waals surface area contributed by atoms with Crippen LogP contribution >= 0.6 is 0 Å². The lowest BCUT2D eigenvalue weighted by molar-refractivity contribution is -0.125. The van der Waals surface area contributed by atoms with E-state index in [1.807, 2.05) is 6.92 Å². The highest BCUT2D eigenvalue weighted by Crippen LogP contribution is 2.18. The van der Waals surface area contributed by atoms with Crippen LogP contribution in [-0.2, 0) is 4.79 Å². The van der Waals surface area contributed by atoms with Gasteiger partial charge in [0.15, 0.2) is 0 Å². The molecule has 2 heterocycles. The fourth-order valence-electron chi connectivity index (χ4n) is 2.59. The molecule has 2 N–H and O–H groups in total. The molecule has 16 heavy (non-hydrogen) atoms. The molecule has 0 spiro atoms. The first-order chi connectivity index (χ1) is 7.66. The average Bonchev–Trinajstić information content (AvgIpc) is 2.29. The predicted molar refractivity (Wildman–Crippen MR) is 60.9 cm³/mol. The first-order valence-corrected chi connectivity index (χ1v) is 6.09. The molecule has 2 aliphatic heterocycles. The quantitative estimate of drug-likeness (QED) is 0.650. The molecule has 0 aromatic rings. The maximum atomic E-state index is 11.3. The standard InChI is InChI=1S/C11H21N3O2/c1-9(15)13-5-2-10(3-6-13)14-7-4-12-11(16)8-14/h9-10,15H,2-8H2,1H3,(H,12,16). The zero-order chi connectivity index (χ0) is 11.5. The SMILES string of the molecule is CC(O)N1CCC(N2CCNC(=O)C2)CC1. The minimum Gasteiger partial charge on any atom is -0.379 e. The van der Waals surface area contributed by atoms with Crippen LogP contribution in [0.25, 0.3) is 0 Å².